The third-order valence-electron chi connectivity index (χ3n) is 3.93. The zero-order valence-corrected chi connectivity index (χ0v) is 16.8. The largest absolute Gasteiger partial charge is 0.287 e. The highest BCUT2D eigenvalue weighted by atomic mass is 35.7. The van der Waals surface area contributed by atoms with E-state index in [0.717, 1.165) is 11.1 Å². The van der Waals surface area contributed by atoms with Gasteiger partial charge in [0, 0.05) is 17.6 Å². The van der Waals surface area contributed by atoms with E-state index in [2.05, 4.69) is 11.8 Å². The molecular weight excluding hydrogens is 349 g/mol. The van der Waals surface area contributed by atoms with Crippen molar-refractivity contribution in [1.82, 2.24) is 4.67 Å². The van der Waals surface area contributed by atoms with Crippen LogP contribution in [0.1, 0.15) is 44.5 Å². The Kier molecular flexibility index (Phi) is 6.91. The van der Waals surface area contributed by atoms with E-state index in [0.29, 0.717) is 0 Å². The van der Waals surface area contributed by atoms with Crippen LogP contribution in [0.4, 0.5) is 0 Å². The van der Waals surface area contributed by atoms with Gasteiger partial charge in [-0.15, -0.1) is 0 Å². The Bertz CT molecular complexity index is 770. The summed E-state index contributed by atoms with van der Waals surface area (Å²) >= 11 is 6.74. The first-order chi connectivity index (χ1) is 11.8. The molecule has 0 aliphatic carbocycles. The molecule has 25 heavy (non-hydrogen) atoms. The second kappa shape index (κ2) is 8.72. The van der Waals surface area contributed by atoms with Crippen molar-refractivity contribution in [2.75, 3.05) is 0 Å². The van der Waals surface area contributed by atoms with Crippen LogP contribution >= 0.6 is 17.9 Å². The molecule has 4 heteroatoms. The van der Waals surface area contributed by atoms with Crippen molar-refractivity contribution < 1.29 is 4.57 Å². The van der Waals surface area contributed by atoms with Gasteiger partial charge in [-0.05, 0) is 56.6 Å². The van der Waals surface area contributed by atoms with Crippen LogP contribution in [0, 0.1) is 11.8 Å². The maximum Gasteiger partial charge on any atom is 0.254 e. The fourth-order valence-electron chi connectivity index (χ4n) is 3.01. The zero-order chi connectivity index (χ0) is 18.4. The summed E-state index contributed by atoms with van der Waals surface area (Å²) in [6.07, 6.45) is 0. The van der Waals surface area contributed by atoms with Crippen LogP contribution in [0.25, 0.3) is 0 Å². The predicted octanol–water partition coefficient (Wildman–Crippen LogP) is 6.33. The van der Waals surface area contributed by atoms with Crippen LogP contribution in [0.5, 0.6) is 0 Å². The van der Waals surface area contributed by atoms with Gasteiger partial charge in [0.05, 0.1) is 0 Å². The number of halogens is 1. The standard InChI is InChI=1S/C21H25ClNOP/c1-17(2)23(18(3)4)25(22,24)21(20-13-9-6-10-14-20)16-15-19-11-7-5-8-12-19/h5-14,17-18,21H,1-4H3. The molecule has 0 aliphatic heterocycles. The Morgan fingerprint density at radius 1 is 0.880 bits per heavy atom. The Balaban J connectivity index is 2.52. The molecule has 0 saturated carbocycles. The average Bonchev–Trinajstić information content (AvgIpc) is 2.55. The molecule has 0 aliphatic rings. The van der Waals surface area contributed by atoms with E-state index < -0.39 is 12.3 Å². The number of hydrogen-bond acceptors (Lipinski definition) is 1. The molecular formula is C21H25ClNOP. The minimum absolute atomic E-state index is 0.0630. The first-order valence-electron chi connectivity index (χ1n) is 8.53. The fraction of sp³-hybridized carbons (Fsp3) is 0.333. The molecule has 0 bridgehead atoms. The average molecular weight is 374 g/mol. The molecule has 2 nitrogen and oxygen atoms in total. The number of hydrogen-bond donors (Lipinski definition) is 0. The van der Waals surface area contributed by atoms with Crippen molar-refractivity contribution in [2.24, 2.45) is 0 Å². The van der Waals surface area contributed by atoms with Crippen LogP contribution in [0.2, 0.25) is 0 Å². The van der Waals surface area contributed by atoms with Gasteiger partial charge < -0.3 is 0 Å². The van der Waals surface area contributed by atoms with Crippen LogP contribution in [0.3, 0.4) is 0 Å². The monoisotopic (exact) mass is 373 g/mol. The van der Waals surface area contributed by atoms with Crippen molar-refractivity contribution in [3.8, 4) is 11.8 Å². The van der Waals surface area contributed by atoms with E-state index >= 15 is 0 Å². The minimum Gasteiger partial charge on any atom is -0.287 e. The molecule has 0 fully saturated rings. The first-order valence-corrected chi connectivity index (χ1v) is 11.2. The van der Waals surface area contributed by atoms with E-state index in [9.17, 15) is 4.57 Å². The lowest BCUT2D eigenvalue weighted by Crippen LogP contribution is -2.34. The highest BCUT2D eigenvalue weighted by Gasteiger charge is 2.40. The molecule has 0 heterocycles. The topological polar surface area (TPSA) is 20.3 Å². The summed E-state index contributed by atoms with van der Waals surface area (Å²) in [7, 11) is 0. The zero-order valence-electron chi connectivity index (χ0n) is 15.2. The molecule has 2 unspecified atom stereocenters. The highest BCUT2D eigenvalue weighted by Crippen LogP contribution is 2.67. The van der Waals surface area contributed by atoms with Crippen LogP contribution in [-0.4, -0.2) is 16.8 Å². The molecule has 0 N–H and O–H groups in total. The van der Waals surface area contributed by atoms with Gasteiger partial charge in [0.2, 0.25) is 0 Å². The van der Waals surface area contributed by atoms with Crippen LogP contribution < -0.4 is 0 Å². The van der Waals surface area contributed by atoms with Crippen molar-refractivity contribution in [2.45, 2.75) is 45.4 Å². The van der Waals surface area contributed by atoms with Crippen molar-refractivity contribution in [1.29, 1.82) is 0 Å². The number of rotatable bonds is 5. The predicted molar refractivity (Wildman–Crippen MR) is 108 cm³/mol. The molecule has 0 saturated heterocycles. The van der Waals surface area contributed by atoms with E-state index in [1.54, 1.807) is 0 Å². The molecule has 0 radical (unpaired) electrons. The maximum absolute atomic E-state index is 13.7. The van der Waals surface area contributed by atoms with Gasteiger partial charge in [-0.3, -0.25) is 4.57 Å². The number of nitrogens with zero attached hydrogens (tertiary/aromatic N) is 1. The second-order valence-electron chi connectivity index (χ2n) is 6.56. The Morgan fingerprint density at radius 3 is 1.84 bits per heavy atom. The van der Waals surface area contributed by atoms with Gasteiger partial charge in [-0.25, -0.2) is 4.67 Å². The van der Waals surface area contributed by atoms with Gasteiger partial charge in [0.15, 0.2) is 0 Å². The summed E-state index contributed by atoms with van der Waals surface area (Å²) in [5.41, 5.74) is 1.23. The number of benzene rings is 2. The Morgan fingerprint density at radius 2 is 1.36 bits per heavy atom. The molecule has 132 valence electrons. The van der Waals surface area contributed by atoms with Crippen molar-refractivity contribution in [3.63, 3.8) is 0 Å². The SMILES string of the molecule is CC(C)N(C(C)C)P(=O)(Cl)C(C#Cc1ccccc1)c1ccccc1. The van der Waals surface area contributed by atoms with E-state index in [1.807, 2.05) is 93.0 Å². The third kappa shape index (κ3) is 4.99. The van der Waals surface area contributed by atoms with Gasteiger partial charge in [0.1, 0.15) is 5.66 Å². The Labute approximate surface area is 156 Å². The summed E-state index contributed by atoms with van der Waals surface area (Å²) in [5.74, 6) is 6.34. The van der Waals surface area contributed by atoms with Crippen molar-refractivity contribution >= 4 is 17.9 Å². The minimum atomic E-state index is -3.25. The quantitative estimate of drug-likeness (QED) is 0.450. The Hall–Kier alpha value is -1.52. The lowest BCUT2D eigenvalue weighted by atomic mass is 10.1. The van der Waals surface area contributed by atoms with Gasteiger partial charge in [-0.1, -0.05) is 60.4 Å². The van der Waals surface area contributed by atoms with Gasteiger partial charge in [-0.2, -0.15) is 0 Å². The summed E-state index contributed by atoms with van der Waals surface area (Å²) in [6, 6.07) is 19.5. The fourth-order valence-corrected chi connectivity index (χ4v) is 6.84. The molecule has 0 amide bonds. The summed E-state index contributed by atoms with van der Waals surface area (Å²) < 4.78 is 15.6. The molecule has 2 rings (SSSR count). The highest BCUT2D eigenvalue weighted by molar-refractivity contribution is 7.87. The van der Waals surface area contributed by atoms with Crippen LogP contribution in [0.15, 0.2) is 60.7 Å². The molecule has 2 aromatic carbocycles. The molecule has 0 spiro atoms. The summed E-state index contributed by atoms with van der Waals surface area (Å²) in [5, 5.41) is 0. The first kappa shape index (κ1) is 19.8. The van der Waals surface area contributed by atoms with E-state index in [4.69, 9.17) is 11.2 Å². The summed E-state index contributed by atoms with van der Waals surface area (Å²) in [4.78, 5) is 0. The third-order valence-corrected chi connectivity index (χ3v) is 7.66. The summed E-state index contributed by atoms with van der Waals surface area (Å²) in [6.45, 7) is 4.81. The smallest absolute Gasteiger partial charge is 0.254 e. The van der Waals surface area contributed by atoms with Crippen molar-refractivity contribution in [3.05, 3.63) is 71.8 Å². The lowest BCUT2D eigenvalue weighted by Gasteiger charge is -2.36. The second-order valence-corrected chi connectivity index (χ2v) is 10.1. The maximum atomic E-state index is 13.7. The molecule has 2 atom stereocenters. The van der Waals surface area contributed by atoms with Gasteiger partial charge in [0.25, 0.3) is 6.65 Å². The van der Waals surface area contributed by atoms with E-state index in [1.165, 1.54) is 0 Å². The normalized spacial score (nSPS) is 14.9. The van der Waals surface area contributed by atoms with E-state index in [-0.39, 0.29) is 12.1 Å². The molecule has 2 aromatic rings. The lowest BCUT2D eigenvalue weighted by molar-refractivity contribution is 0.304. The van der Waals surface area contributed by atoms with Gasteiger partial charge >= 0.3 is 0 Å². The van der Waals surface area contributed by atoms with Crippen LogP contribution in [-0.2, 0) is 4.57 Å². The molecule has 0 aromatic heterocycles.